The molecule has 0 fully saturated rings. The lowest BCUT2D eigenvalue weighted by molar-refractivity contribution is 0.629. The van der Waals surface area contributed by atoms with Crippen LogP contribution in [0.4, 0.5) is 0 Å². The van der Waals surface area contributed by atoms with Crippen molar-refractivity contribution < 1.29 is 0 Å². The van der Waals surface area contributed by atoms with Crippen molar-refractivity contribution in [3.63, 3.8) is 0 Å². The number of nitrogens with one attached hydrogen (secondary N) is 6. The fourth-order valence-electron chi connectivity index (χ4n) is 8.85. The normalized spacial score (nSPS) is 16.1. The molecule has 0 saturated heterocycles. The predicted molar refractivity (Wildman–Crippen MR) is 224 cm³/mol. The Kier molecular flexibility index (Phi) is 12.5. The molecule has 8 rings (SSSR count). The lowest BCUT2D eigenvalue weighted by Gasteiger charge is -2.24. The van der Waals surface area contributed by atoms with Crippen molar-refractivity contribution in [1.82, 2.24) is 41.9 Å². The number of benzene rings is 3. The van der Waals surface area contributed by atoms with Crippen molar-refractivity contribution in [2.75, 3.05) is 0 Å². The lowest BCUT2D eigenvalue weighted by Crippen LogP contribution is -2.24. The minimum atomic E-state index is 0.711. The molecule has 5 aromatic rings. The summed E-state index contributed by atoms with van der Waals surface area (Å²) in [6.45, 7) is 25.3. The summed E-state index contributed by atoms with van der Waals surface area (Å²) in [4.78, 5) is 10.2. The third-order valence-electron chi connectivity index (χ3n) is 12.4. The average Bonchev–Trinajstić information content (AvgIpc) is 3.17. The average molecular weight is 737 g/mol. The van der Waals surface area contributed by atoms with Crippen LogP contribution in [-0.4, -0.2) is 9.97 Å². The Morgan fingerprint density at radius 3 is 0.800 bits per heavy atom. The first kappa shape index (κ1) is 39.0. The number of hydrogen-bond donors (Lipinski definition) is 6. The van der Waals surface area contributed by atoms with Crippen LogP contribution in [-0.2, 0) is 78.5 Å². The van der Waals surface area contributed by atoms with E-state index < -0.39 is 0 Å². The van der Waals surface area contributed by atoms with Crippen LogP contribution >= 0.6 is 0 Å². The van der Waals surface area contributed by atoms with Crippen LogP contribution in [0, 0.1) is 48.5 Å². The van der Waals surface area contributed by atoms with E-state index in [1.54, 1.807) is 0 Å². The van der Waals surface area contributed by atoms with Gasteiger partial charge in [-0.25, -0.2) is 0 Å². The molecule has 3 aliphatic heterocycles. The van der Waals surface area contributed by atoms with Crippen LogP contribution in [0.3, 0.4) is 0 Å². The van der Waals surface area contributed by atoms with Crippen molar-refractivity contribution >= 4 is 0 Å². The Bertz CT molecular complexity index is 1920. The van der Waals surface area contributed by atoms with Gasteiger partial charge in [-0.05, 0) is 156 Å². The molecule has 0 atom stereocenters. The van der Waals surface area contributed by atoms with Crippen LogP contribution in [0.15, 0.2) is 54.6 Å². The van der Waals surface area contributed by atoms with E-state index in [-0.39, 0.29) is 0 Å². The number of hydrogen-bond acceptors (Lipinski definition) is 8. The molecule has 0 amide bonds. The molecule has 3 aliphatic rings. The number of fused-ring (bicyclic) bond motifs is 12. The molecule has 55 heavy (non-hydrogen) atoms. The van der Waals surface area contributed by atoms with Crippen molar-refractivity contribution in [2.24, 2.45) is 0 Å². The van der Waals surface area contributed by atoms with Gasteiger partial charge in [0.15, 0.2) is 0 Å². The number of pyridine rings is 2. The van der Waals surface area contributed by atoms with Crippen molar-refractivity contribution in [3.05, 3.63) is 161 Å². The molecule has 8 nitrogen and oxygen atoms in total. The highest BCUT2D eigenvalue weighted by molar-refractivity contribution is 5.52. The van der Waals surface area contributed by atoms with Gasteiger partial charge in [0, 0.05) is 78.5 Å². The lowest BCUT2D eigenvalue weighted by atomic mass is 9.87. The summed E-state index contributed by atoms with van der Waals surface area (Å²) in [7, 11) is 0. The summed E-state index contributed by atoms with van der Waals surface area (Å²) in [5.74, 6) is 0. The molecule has 0 radical (unpaired) electrons. The summed E-state index contributed by atoms with van der Waals surface area (Å²) >= 11 is 0. The fourth-order valence-corrected chi connectivity index (χ4v) is 8.85. The smallest absolute Gasteiger partial charge is 0.0545 e. The van der Waals surface area contributed by atoms with Crippen LogP contribution in [0.1, 0.15) is 106 Å². The second-order valence-corrected chi connectivity index (χ2v) is 15.7. The highest BCUT2D eigenvalue weighted by Crippen LogP contribution is 2.30. The topological polar surface area (TPSA) is 98.0 Å². The molecule has 12 bridgehead atoms. The number of aromatic nitrogens is 2. The van der Waals surface area contributed by atoms with Crippen LogP contribution in [0.25, 0.3) is 0 Å². The second-order valence-electron chi connectivity index (χ2n) is 15.7. The highest BCUT2D eigenvalue weighted by atomic mass is 14.9. The van der Waals surface area contributed by atoms with Gasteiger partial charge < -0.3 is 31.9 Å². The molecule has 8 heteroatoms. The Morgan fingerprint density at radius 2 is 0.527 bits per heavy atom. The first-order valence-electron chi connectivity index (χ1n) is 20.1. The zero-order chi connectivity index (χ0) is 38.5. The van der Waals surface area contributed by atoms with E-state index in [1.807, 2.05) is 0 Å². The molecular weight excluding hydrogens is 677 g/mol. The zero-order valence-corrected chi connectivity index (χ0v) is 34.1. The summed E-state index contributed by atoms with van der Waals surface area (Å²) in [5.41, 5.74) is 24.8. The van der Waals surface area contributed by atoms with Gasteiger partial charge in [0.25, 0.3) is 0 Å². The van der Waals surface area contributed by atoms with Crippen LogP contribution in [0.2, 0.25) is 0 Å². The minimum absolute atomic E-state index is 0.711. The van der Waals surface area contributed by atoms with Gasteiger partial charge in [-0.15, -0.1) is 0 Å². The standard InChI is InChI=1S/C47H60N8/c1-29-36-11-8-12-37(29)18-49-24-43-32(4)46-27-52-21-40-14-9-13-38(54-40)19-50-25-44-30(2)42(23-48-17-36)31(3)45(34(44)6)26-51-20-39-15-10-16-41(55-39)22-53-28-47(33(43)5)35(46)7/h8-16,48-53H,17-28H2,1-7H3. The third kappa shape index (κ3) is 8.76. The molecular formula is C47H60N8. The third-order valence-corrected chi connectivity index (χ3v) is 12.4. The van der Waals surface area contributed by atoms with Crippen molar-refractivity contribution in [2.45, 2.75) is 127 Å². The van der Waals surface area contributed by atoms with Gasteiger partial charge in [-0.3, -0.25) is 9.97 Å². The molecule has 288 valence electrons. The van der Waals surface area contributed by atoms with E-state index in [2.05, 4.69) is 135 Å². The number of rotatable bonds is 0. The predicted octanol–water partition coefficient (Wildman–Crippen LogP) is 7.00. The number of nitrogens with zero attached hydrogens (tertiary/aromatic N) is 2. The summed E-state index contributed by atoms with van der Waals surface area (Å²) < 4.78 is 0. The van der Waals surface area contributed by atoms with Crippen LogP contribution in [0.5, 0.6) is 0 Å². The zero-order valence-electron chi connectivity index (χ0n) is 34.1. The van der Waals surface area contributed by atoms with Gasteiger partial charge >= 0.3 is 0 Å². The van der Waals surface area contributed by atoms with E-state index in [9.17, 15) is 0 Å². The van der Waals surface area contributed by atoms with Crippen LogP contribution < -0.4 is 31.9 Å². The maximum absolute atomic E-state index is 5.08. The fraction of sp³-hybridized carbons (Fsp3) is 0.404. The van der Waals surface area contributed by atoms with E-state index >= 15 is 0 Å². The van der Waals surface area contributed by atoms with Gasteiger partial charge in [-0.2, -0.15) is 0 Å². The summed E-state index contributed by atoms with van der Waals surface area (Å²) in [6.07, 6.45) is 0. The van der Waals surface area contributed by atoms with Gasteiger partial charge in [0.05, 0.1) is 22.8 Å². The Labute approximate surface area is 328 Å². The largest absolute Gasteiger partial charge is 0.309 e. The van der Waals surface area contributed by atoms with E-state index in [1.165, 1.54) is 83.5 Å². The quantitative estimate of drug-likeness (QED) is 0.101. The molecule has 0 spiro atoms. The molecule has 0 unspecified atom stereocenters. The summed E-state index contributed by atoms with van der Waals surface area (Å²) in [6, 6.07) is 19.6. The maximum atomic E-state index is 5.08. The van der Waals surface area contributed by atoms with E-state index in [4.69, 9.17) is 9.97 Å². The SMILES string of the molecule is Cc1c2cccc1CNCc1c(C)c3c(C)c(c1C)CNCc1cccc(n1)CNCc1c(C)c(c(C)c(c1C)CNC2)CNCc1cccc(n1)CNC3. The molecule has 0 saturated carbocycles. The first-order chi connectivity index (χ1) is 26.7. The molecule has 5 heterocycles. The minimum Gasteiger partial charge on any atom is -0.309 e. The Balaban J connectivity index is 1.33. The van der Waals surface area contributed by atoms with E-state index in [0.29, 0.717) is 26.2 Å². The van der Waals surface area contributed by atoms with E-state index in [0.717, 1.165) is 75.1 Å². The second kappa shape index (κ2) is 17.7. The Morgan fingerprint density at radius 1 is 0.291 bits per heavy atom. The Hall–Kier alpha value is -4.28. The molecule has 3 aromatic carbocycles. The first-order valence-corrected chi connectivity index (χ1v) is 20.1. The molecule has 0 aliphatic carbocycles. The van der Waals surface area contributed by atoms with Gasteiger partial charge in [0.2, 0.25) is 0 Å². The molecule has 2 aromatic heterocycles. The van der Waals surface area contributed by atoms with Crippen molar-refractivity contribution in [3.8, 4) is 0 Å². The van der Waals surface area contributed by atoms with Gasteiger partial charge in [-0.1, -0.05) is 30.3 Å². The monoisotopic (exact) mass is 736 g/mol. The summed E-state index contributed by atoms with van der Waals surface area (Å²) in [5, 5.41) is 22.8. The maximum Gasteiger partial charge on any atom is 0.0545 e. The molecule has 6 N–H and O–H groups in total. The highest BCUT2D eigenvalue weighted by Gasteiger charge is 2.20. The van der Waals surface area contributed by atoms with Crippen molar-refractivity contribution in [1.29, 1.82) is 0 Å². The van der Waals surface area contributed by atoms with Gasteiger partial charge in [0.1, 0.15) is 0 Å².